The van der Waals surface area contributed by atoms with Crippen LogP contribution in [0.1, 0.15) is 0 Å². The Kier molecular flexibility index (Phi) is 4.30. The van der Waals surface area contributed by atoms with Gasteiger partial charge < -0.3 is 5.11 Å². The van der Waals surface area contributed by atoms with Crippen molar-refractivity contribution < 1.29 is 9.90 Å². The summed E-state index contributed by atoms with van der Waals surface area (Å²) in [6.07, 6.45) is 0. The lowest BCUT2D eigenvalue weighted by atomic mass is 10.4. The van der Waals surface area contributed by atoms with Crippen molar-refractivity contribution in [3.63, 3.8) is 0 Å². The van der Waals surface area contributed by atoms with E-state index in [1.54, 1.807) is 0 Å². The van der Waals surface area contributed by atoms with E-state index in [0.29, 0.717) is 0 Å². The van der Waals surface area contributed by atoms with Gasteiger partial charge in [-0.3, -0.25) is 4.79 Å². The molecule has 0 atom stereocenters. The van der Waals surface area contributed by atoms with Gasteiger partial charge in [0.05, 0.1) is 4.49 Å². The summed E-state index contributed by atoms with van der Waals surface area (Å²) in [4.78, 5) is 10.4. The number of carbonyl (C=O) groups excluding carboxylic acids is 1. The Bertz CT molecular complexity index is 205. The molecule has 0 aromatic heterocycles. The standard InChI is InChI=1S/C4HCl5O2/c5-2(6)1(10)4(8,9)3(7)11/h10H/p-1. The summed E-state index contributed by atoms with van der Waals surface area (Å²) >= 11 is 25.2. The quantitative estimate of drug-likeness (QED) is 0.431. The zero-order valence-electron chi connectivity index (χ0n) is 4.71. The van der Waals surface area contributed by atoms with Gasteiger partial charge in [0.1, 0.15) is 0 Å². The van der Waals surface area contributed by atoms with Crippen LogP contribution < -0.4 is 5.11 Å². The minimum Gasteiger partial charge on any atom is -0.871 e. The maximum Gasteiger partial charge on any atom is 0.261 e. The number of hydrogen-bond acceptors (Lipinski definition) is 2. The smallest absolute Gasteiger partial charge is 0.261 e. The molecule has 0 saturated heterocycles. The Hall–Kier alpha value is 0.660. The van der Waals surface area contributed by atoms with E-state index in [1.807, 2.05) is 0 Å². The van der Waals surface area contributed by atoms with Gasteiger partial charge in [-0.25, -0.2) is 0 Å². The average molecular weight is 257 g/mol. The van der Waals surface area contributed by atoms with Crippen LogP contribution in [0.25, 0.3) is 0 Å². The van der Waals surface area contributed by atoms with E-state index in [4.69, 9.17) is 58.0 Å². The molecule has 0 unspecified atom stereocenters. The summed E-state index contributed by atoms with van der Waals surface area (Å²) in [5.41, 5.74) is 0. The van der Waals surface area contributed by atoms with Gasteiger partial charge in [0.2, 0.25) is 4.33 Å². The molecule has 0 aliphatic carbocycles. The maximum atomic E-state index is 10.7. The summed E-state index contributed by atoms with van der Waals surface area (Å²) in [6.45, 7) is 0. The Morgan fingerprint density at radius 3 is 1.64 bits per heavy atom. The molecule has 0 aromatic rings. The van der Waals surface area contributed by atoms with Crippen molar-refractivity contribution in [2.24, 2.45) is 0 Å². The third-order valence-corrected chi connectivity index (χ3v) is 2.21. The number of hydrogen-bond donors (Lipinski definition) is 0. The van der Waals surface area contributed by atoms with Crippen molar-refractivity contribution in [3.8, 4) is 0 Å². The lowest BCUT2D eigenvalue weighted by Crippen LogP contribution is -2.31. The molecular weight excluding hydrogens is 257 g/mol. The number of alkyl halides is 2. The fourth-order valence-corrected chi connectivity index (χ4v) is 0.960. The van der Waals surface area contributed by atoms with Gasteiger partial charge in [0.15, 0.2) is 0 Å². The number of halogens is 5. The normalized spacial score (nSPS) is 11.0. The molecule has 0 fully saturated rings. The van der Waals surface area contributed by atoms with Crippen LogP contribution in [-0.4, -0.2) is 9.58 Å². The first-order valence-electron chi connectivity index (χ1n) is 2.10. The van der Waals surface area contributed by atoms with Crippen LogP contribution in [0.2, 0.25) is 0 Å². The molecule has 0 aliphatic heterocycles. The molecule has 0 rings (SSSR count). The van der Waals surface area contributed by atoms with Gasteiger partial charge in [0.25, 0.3) is 5.24 Å². The second-order valence-electron chi connectivity index (χ2n) is 1.44. The van der Waals surface area contributed by atoms with Crippen LogP contribution in [0.3, 0.4) is 0 Å². The van der Waals surface area contributed by atoms with Crippen LogP contribution in [0.15, 0.2) is 10.3 Å². The molecule has 0 radical (unpaired) electrons. The minimum atomic E-state index is -2.39. The monoisotopic (exact) mass is 255 g/mol. The molecule has 2 nitrogen and oxygen atoms in total. The Balaban J connectivity index is 4.86. The Morgan fingerprint density at radius 2 is 1.55 bits per heavy atom. The van der Waals surface area contributed by atoms with E-state index in [2.05, 4.69) is 0 Å². The molecule has 0 bridgehead atoms. The number of carbonyl (C=O) groups is 1. The molecule has 0 heterocycles. The first-order valence-corrected chi connectivity index (χ1v) is 3.99. The summed E-state index contributed by atoms with van der Waals surface area (Å²) in [7, 11) is 0. The van der Waals surface area contributed by atoms with E-state index in [-0.39, 0.29) is 0 Å². The van der Waals surface area contributed by atoms with Gasteiger partial charge in [0, 0.05) is 0 Å². The summed E-state index contributed by atoms with van der Waals surface area (Å²) in [5.74, 6) is -1.14. The van der Waals surface area contributed by atoms with E-state index in [0.717, 1.165) is 0 Å². The van der Waals surface area contributed by atoms with Crippen LogP contribution in [0, 0.1) is 0 Å². The van der Waals surface area contributed by atoms with E-state index >= 15 is 0 Å². The molecular formula is C4Cl5O2-. The van der Waals surface area contributed by atoms with Crippen molar-refractivity contribution in [1.82, 2.24) is 0 Å². The molecule has 0 spiro atoms. The maximum absolute atomic E-state index is 10.7. The zero-order valence-corrected chi connectivity index (χ0v) is 8.49. The van der Waals surface area contributed by atoms with Crippen LogP contribution in [-0.2, 0) is 4.79 Å². The van der Waals surface area contributed by atoms with Crippen LogP contribution >= 0.6 is 58.0 Å². The van der Waals surface area contributed by atoms with Gasteiger partial charge in [-0.05, 0) is 11.6 Å². The molecule has 0 N–H and O–H groups in total. The molecule has 0 amide bonds. The first kappa shape index (κ1) is 11.7. The predicted octanol–water partition coefficient (Wildman–Crippen LogP) is 1.93. The SMILES string of the molecule is O=C(Cl)C(Cl)(Cl)C([O-])=C(Cl)Cl. The highest BCUT2D eigenvalue weighted by molar-refractivity contribution is 6.79. The zero-order chi connectivity index (χ0) is 9.23. The van der Waals surface area contributed by atoms with Gasteiger partial charge in [-0.15, -0.1) is 0 Å². The fraction of sp³-hybridized carbons (Fsp3) is 0.250. The van der Waals surface area contributed by atoms with Crippen molar-refractivity contribution in [2.45, 2.75) is 4.33 Å². The summed E-state index contributed by atoms with van der Waals surface area (Å²) in [6, 6.07) is 0. The van der Waals surface area contributed by atoms with E-state index in [1.165, 1.54) is 0 Å². The van der Waals surface area contributed by atoms with Crippen LogP contribution in [0.5, 0.6) is 0 Å². The van der Waals surface area contributed by atoms with Gasteiger partial charge in [-0.1, -0.05) is 52.2 Å². The highest BCUT2D eigenvalue weighted by Gasteiger charge is 2.32. The highest BCUT2D eigenvalue weighted by atomic mass is 35.5. The highest BCUT2D eigenvalue weighted by Crippen LogP contribution is 2.33. The minimum absolute atomic E-state index is 0.719. The summed E-state index contributed by atoms with van der Waals surface area (Å²) < 4.78 is -3.11. The van der Waals surface area contributed by atoms with Crippen molar-refractivity contribution >= 4 is 63.2 Å². The van der Waals surface area contributed by atoms with Gasteiger partial charge >= 0.3 is 0 Å². The number of allylic oxidation sites excluding steroid dienone is 1. The molecule has 0 saturated carbocycles. The first-order chi connectivity index (χ1) is 4.80. The third kappa shape index (κ3) is 2.88. The predicted molar refractivity (Wildman–Crippen MR) is 44.0 cm³/mol. The van der Waals surface area contributed by atoms with E-state index in [9.17, 15) is 9.90 Å². The second-order valence-corrected chi connectivity index (χ2v) is 4.06. The van der Waals surface area contributed by atoms with E-state index < -0.39 is 19.8 Å². The lowest BCUT2D eigenvalue weighted by Gasteiger charge is -2.22. The second kappa shape index (κ2) is 4.06. The largest absolute Gasteiger partial charge is 0.871 e. The lowest BCUT2D eigenvalue weighted by molar-refractivity contribution is -0.306. The average Bonchev–Trinajstić information content (AvgIpc) is 1.85. The van der Waals surface area contributed by atoms with Crippen molar-refractivity contribution in [1.29, 1.82) is 0 Å². The molecule has 7 heteroatoms. The third-order valence-electron chi connectivity index (χ3n) is 0.704. The van der Waals surface area contributed by atoms with Crippen LogP contribution in [0.4, 0.5) is 0 Å². The molecule has 0 aliphatic rings. The van der Waals surface area contributed by atoms with Crippen molar-refractivity contribution in [3.05, 3.63) is 10.3 Å². The Labute approximate surface area is 87.6 Å². The topological polar surface area (TPSA) is 40.1 Å². The number of rotatable bonds is 2. The van der Waals surface area contributed by atoms with Crippen molar-refractivity contribution in [2.75, 3.05) is 0 Å². The molecule has 0 aromatic carbocycles. The molecule has 11 heavy (non-hydrogen) atoms. The van der Waals surface area contributed by atoms with Gasteiger partial charge in [-0.2, -0.15) is 0 Å². The fourth-order valence-electron chi connectivity index (χ4n) is 0.208. The molecule has 64 valence electrons. The summed E-state index contributed by atoms with van der Waals surface area (Å²) in [5, 5.41) is 9.49. The Morgan fingerprint density at radius 1 is 1.18 bits per heavy atom.